The average Bonchev–Trinajstić information content (AvgIpc) is 2.57. The van der Waals surface area contributed by atoms with Gasteiger partial charge in [-0.3, -0.25) is 4.79 Å². The minimum atomic E-state index is -0.493. The van der Waals surface area contributed by atoms with Gasteiger partial charge in [-0.05, 0) is 69.4 Å². The molecule has 2 aromatic carbocycles. The number of carbonyl (C=O) groups excluding carboxylic acids is 1. The molecule has 134 valence electrons. The summed E-state index contributed by atoms with van der Waals surface area (Å²) in [5, 5.41) is 3.11. The summed E-state index contributed by atoms with van der Waals surface area (Å²) in [6.07, 6.45) is 0.131. The second-order valence-corrected chi connectivity index (χ2v) is 6.87. The van der Waals surface area contributed by atoms with E-state index in [1.54, 1.807) is 0 Å². The van der Waals surface area contributed by atoms with Gasteiger partial charge in [0.1, 0.15) is 5.75 Å². The maximum Gasteiger partial charge on any atom is 0.261 e. The Morgan fingerprint density at radius 2 is 1.60 bits per heavy atom. The van der Waals surface area contributed by atoms with Crippen LogP contribution in [0.3, 0.4) is 0 Å². The average molecular weight is 339 g/mol. The Labute approximate surface area is 151 Å². The predicted octanol–water partition coefficient (Wildman–Crippen LogP) is 4.96. The second kappa shape index (κ2) is 8.19. The molecule has 3 nitrogen and oxygen atoms in total. The number of amides is 1. The van der Waals surface area contributed by atoms with Gasteiger partial charge in [-0.25, -0.2) is 0 Å². The number of ether oxygens (including phenoxy) is 1. The van der Waals surface area contributed by atoms with Crippen LogP contribution in [-0.2, 0) is 4.79 Å². The van der Waals surface area contributed by atoms with E-state index in [0.29, 0.717) is 6.42 Å². The van der Waals surface area contributed by atoms with Crippen molar-refractivity contribution in [1.82, 2.24) is 5.32 Å². The molecule has 1 N–H and O–H groups in total. The summed E-state index contributed by atoms with van der Waals surface area (Å²) in [4.78, 5) is 12.7. The van der Waals surface area contributed by atoms with Crippen LogP contribution in [0.15, 0.2) is 36.4 Å². The minimum Gasteiger partial charge on any atom is -0.480 e. The van der Waals surface area contributed by atoms with Crippen LogP contribution in [0.25, 0.3) is 0 Å². The molecule has 0 unspecified atom stereocenters. The van der Waals surface area contributed by atoms with Crippen molar-refractivity contribution in [2.24, 2.45) is 0 Å². The SMILES string of the molecule is CC[C@H](Oc1cc(C)ccc1C)C(=O)N[C@@H](C)c1cc(C)ccc1C. The summed E-state index contributed by atoms with van der Waals surface area (Å²) < 4.78 is 6.02. The predicted molar refractivity (Wildman–Crippen MR) is 103 cm³/mol. The number of hydrogen-bond acceptors (Lipinski definition) is 2. The molecule has 0 aliphatic carbocycles. The first-order valence-electron chi connectivity index (χ1n) is 8.93. The molecule has 0 saturated heterocycles. The second-order valence-electron chi connectivity index (χ2n) is 6.87. The molecule has 1 amide bonds. The van der Waals surface area contributed by atoms with E-state index in [0.717, 1.165) is 22.4 Å². The number of nitrogens with one attached hydrogen (secondary N) is 1. The smallest absolute Gasteiger partial charge is 0.261 e. The van der Waals surface area contributed by atoms with Crippen molar-refractivity contribution in [1.29, 1.82) is 0 Å². The first-order valence-corrected chi connectivity index (χ1v) is 8.93. The van der Waals surface area contributed by atoms with Crippen LogP contribution in [-0.4, -0.2) is 12.0 Å². The van der Waals surface area contributed by atoms with Gasteiger partial charge in [0.15, 0.2) is 6.10 Å². The Kier molecular flexibility index (Phi) is 6.24. The quantitative estimate of drug-likeness (QED) is 0.808. The van der Waals surface area contributed by atoms with Gasteiger partial charge in [-0.1, -0.05) is 42.8 Å². The van der Waals surface area contributed by atoms with E-state index in [4.69, 9.17) is 4.74 Å². The van der Waals surface area contributed by atoms with Gasteiger partial charge in [0, 0.05) is 0 Å². The summed E-state index contributed by atoms with van der Waals surface area (Å²) >= 11 is 0. The fourth-order valence-electron chi connectivity index (χ4n) is 2.92. The van der Waals surface area contributed by atoms with Gasteiger partial charge in [0.25, 0.3) is 5.91 Å². The Hall–Kier alpha value is -2.29. The van der Waals surface area contributed by atoms with Crippen LogP contribution in [0.5, 0.6) is 5.75 Å². The number of carbonyl (C=O) groups is 1. The monoisotopic (exact) mass is 339 g/mol. The van der Waals surface area contributed by atoms with Crippen molar-refractivity contribution in [3.63, 3.8) is 0 Å². The molecule has 2 atom stereocenters. The van der Waals surface area contributed by atoms with E-state index in [9.17, 15) is 4.79 Å². The Morgan fingerprint density at radius 1 is 1.00 bits per heavy atom. The lowest BCUT2D eigenvalue weighted by Crippen LogP contribution is -2.39. The lowest BCUT2D eigenvalue weighted by atomic mass is 10.00. The molecule has 0 fully saturated rings. The first kappa shape index (κ1) is 19.0. The molecule has 2 rings (SSSR count). The number of aryl methyl sites for hydroxylation is 4. The molecular formula is C22H29NO2. The van der Waals surface area contributed by atoms with E-state index in [1.165, 1.54) is 11.1 Å². The molecule has 0 aliphatic heterocycles. The van der Waals surface area contributed by atoms with Crippen molar-refractivity contribution in [2.75, 3.05) is 0 Å². The molecular weight excluding hydrogens is 310 g/mol. The third kappa shape index (κ3) is 4.85. The maximum absolute atomic E-state index is 12.7. The highest BCUT2D eigenvalue weighted by atomic mass is 16.5. The topological polar surface area (TPSA) is 38.3 Å². The van der Waals surface area contributed by atoms with Gasteiger partial charge >= 0.3 is 0 Å². The zero-order chi connectivity index (χ0) is 18.6. The van der Waals surface area contributed by atoms with E-state index in [1.807, 2.05) is 45.9 Å². The fraction of sp³-hybridized carbons (Fsp3) is 0.409. The third-order valence-electron chi connectivity index (χ3n) is 4.54. The highest BCUT2D eigenvalue weighted by Gasteiger charge is 2.22. The largest absolute Gasteiger partial charge is 0.480 e. The van der Waals surface area contributed by atoms with Gasteiger partial charge in [0.05, 0.1) is 6.04 Å². The van der Waals surface area contributed by atoms with Crippen LogP contribution in [0.1, 0.15) is 54.1 Å². The Morgan fingerprint density at radius 3 is 2.24 bits per heavy atom. The zero-order valence-electron chi connectivity index (χ0n) is 16.1. The molecule has 25 heavy (non-hydrogen) atoms. The van der Waals surface area contributed by atoms with Crippen LogP contribution in [0.2, 0.25) is 0 Å². The highest BCUT2D eigenvalue weighted by Crippen LogP contribution is 2.23. The summed E-state index contributed by atoms with van der Waals surface area (Å²) in [5.41, 5.74) is 5.69. The van der Waals surface area contributed by atoms with E-state index in [2.05, 4.69) is 37.4 Å². The maximum atomic E-state index is 12.7. The van der Waals surface area contributed by atoms with Gasteiger partial charge < -0.3 is 10.1 Å². The summed E-state index contributed by atoms with van der Waals surface area (Å²) in [6.45, 7) is 12.1. The molecule has 3 heteroatoms. The molecule has 2 aromatic rings. The van der Waals surface area contributed by atoms with E-state index < -0.39 is 6.10 Å². The molecule has 0 bridgehead atoms. The molecule has 0 heterocycles. The Bertz CT molecular complexity index is 752. The number of hydrogen-bond donors (Lipinski definition) is 1. The standard InChI is InChI=1S/C22H29NO2/c1-7-20(25-21-13-15(3)9-11-17(21)5)22(24)23-18(6)19-12-14(2)8-10-16(19)4/h8-13,18,20H,7H2,1-6H3,(H,23,24)/t18-,20-/m0/s1. The van der Waals surface area contributed by atoms with E-state index >= 15 is 0 Å². The molecule has 0 radical (unpaired) electrons. The minimum absolute atomic E-state index is 0.0522. The van der Waals surface area contributed by atoms with Crippen molar-refractivity contribution in [3.05, 3.63) is 64.2 Å². The van der Waals surface area contributed by atoms with Crippen LogP contribution in [0.4, 0.5) is 0 Å². The van der Waals surface area contributed by atoms with Crippen LogP contribution >= 0.6 is 0 Å². The molecule has 0 saturated carbocycles. The van der Waals surface area contributed by atoms with Crippen molar-refractivity contribution in [2.45, 2.75) is 60.1 Å². The number of rotatable bonds is 6. The van der Waals surface area contributed by atoms with Gasteiger partial charge in [-0.15, -0.1) is 0 Å². The zero-order valence-corrected chi connectivity index (χ0v) is 16.1. The fourth-order valence-corrected chi connectivity index (χ4v) is 2.92. The van der Waals surface area contributed by atoms with Gasteiger partial charge in [0.2, 0.25) is 0 Å². The third-order valence-corrected chi connectivity index (χ3v) is 4.54. The summed E-state index contributed by atoms with van der Waals surface area (Å²) in [6, 6.07) is 12.3. The summed E-state index contributed by atoms with van der Waals surface area (Å²) in [7, 11) is 0. The molecule has 0 aliphatic rings. The number of benzene rings is 2. The molecule has 0 aromatic heterocycles. The first-order chi connectivity index (χ1) is 11.8. The normalized spacial score (nSPS) is 13.2. The lowest BCUT2D eigenvalue weighted by Gasteiger charge is -2.23. The van der Waals surface area contributed by atoms with Crippen LogP contribution < -0.4 is 10.1 Å². The Balaban J connectivity index is 2.11. The summed E-state index contributed by atoms with van der Waals surface area (Å²) in [5.74, 6) is 0.707. The van der Waals surface area contributed by atoms with Crippen molar-refractivity contribution in [3.8, 4) is 5.75 Å². The van der Waals surface area contributed by atoms with Crippen LogP contribution in [0, 0.1) is 27.7 Å². The van der Waals surface area contributed by atoms with Crippen molar-refractivity contribution >= 4 is 5.91 Å². The van der Waals surface area contributed by atoms with Gasteiger partial charge in [-0.2, -0.15) is 0 Å². The lowest BCUT2D eigenvalue weighted by molar-refractivity contribution is -0.128. The molecule has 0 spiro atoms. The van der Waals surface area contributed by atoms with E-state index in [-0.39, 0.29) is 11.9 Å². The highest BCUT2D eigenvalue weighted by molar-refractivity contribution is 5.81. The van der Waals surface area contributed by atoms with Crippen molar-refractivity contribution < 1.29 is 9.53 Å².